The minimum atomic E-state index is -0.962. The third kappa shape index (κ3) is 3.42. The number of halogens is 1. The summed E-state index contributed by atoms with van der Waals surface area (Å²) in [4.78, 5) is 13.5. The predicted molar refractivity (Wildman–Crippen MR) is 98.7 cm³/mol. The van der Waals surface area contributed by atoms with E-state index in [9.17, 15) is 4.79 Å². The first kappa shape index (κ1) is 17.2. The van der Waals surface area contributed by atoms with Crippen molar-refractivity contribution in [2.75, 3.05) is 18.6 Å². The number of anilines is 1. The highest BCUT2D eigenvalue weighted by Gasteiger charge is 2.43. The minimum absolute atomic E-state index is 0.374. The molecule has 0 amide bonds. The zero-order valence-electron chi connectivity index (χ0n) is 13.8. The topological polar surface area (TPSA) is 38.8 Å². The van der Waals surface area contributed by atoms with Gasteiger partial charge in [0.15, 0.2) is 18.3 Å². The normalized spacial score (nSPS) is 29.0. The van der Waals surface area contributed by atoms with Gasteiger partial charge >= 0.3 is 0 Å². The van der Waals surface area contributed by atoms with E-state index in [0.717, 1.165) is 12.0 Å². The number of hydrogen-bond donors (Lipinski definition) is 0. The first-order chi connectivity index (χ1) is 11.1. The molecule has 2 fully saturated rings. The molecule has 2 unspecified atom stereocenters. The summed E-state index contributed by atoms with van der Waals surface area (Å²) >= 11 is 2.43. The lowest BCUT2D eigenvalue weighted by Gasteiger charge is -2.31. The van der Waals surface area contributed by atoms with Gasteiger partial charge in [0, 0.05) is 16.4 Å². The molecule has 1 aromatic rings. The first-order valence-electron chi connectivity index (χ1n) is 8.31. The molecule has 1 heterocycles. The van der Waals surface area contributed by atoms with Crippen molar-refractivity contribution in [1.29, 1.82) is 0 Å². The molecule has 0 N–H and O–H groups in total. The smallest absolute Gasteiger partial charge is 0.198 e. The van der Waals surface area contributed by atoms with Crippen LogP contribution < -0.4 is 4.90 Å². The Kier molecular flexibility index (Phi) is 5.28. The summed E-state index contributed by atoms with van der Waals surface area (Å²) in [5.74, 6) is 0.684. The molecular weight excluding hydrogens is 405 g/mol. The molecule has 2 aliphatic rings. The molecule has 0 radical (unpaired) electrons. The number of aldehydes is 1. The van der Waals surface area contributed by atoms with E-state index in [1.165, 1.54) is 41.2 Å². The van der Waals surface area contributed by atoms with E-state index in [1.54, 1.807) is 14.0 Å². The van der Waals surface area contributed by atoms with Crippen molar-refractivity contribution in [2.45, 2.75) is 57.0 Å². The summed E-state index contributed by atoms with van der Waals surface area (Å²) in [6.45, 7) is 2.35. The van der Waals surface area contributed by atoms with Crippen molar-refractivity contribution in [3.63, 3.8) is 0 Å². The van der Waals surface area contributed by atoms with Gasteiger partial charge in [0.05, 0.1) is 6.54 Å². The summed E-state index contributed by atoms with van der Waals surface area (Å²) in [5, 5.41) is 0. The second-order valence-corrected chi connectivity index (χ2v) is 7.77. The Labute approximate surface area is 151 Å². The van der Waals surface area contributed by atoms with Gasteiger partial charge in [0.25, 0.3) is 0 Å². The Morgan fingerprint density at radius 3 is 2.70 bits per heavy atom. The number of nitrogens with zero attached hydrogens (tertiary/aromatic N) is 1. The lowest BCUT2D eigenvalue weighted by molar-refractivity contribution is -0.155. The van der Waals surface area contributed by atoms with Crippen LogP contribution in [0.2, 0.25) is 0 Å². The fourth-order valence-corrected chi connectivity index (χ4v) is 4.64. The fraction of sp³-hybridized carbons (Fsp3) is 0.611. The van der Waals surface area contributed by atoms with E-state index < -0.39 is 5.72 Å². The standard InChI is InChI=1S/C18H24INO3/c1-18(12-21)20(11-17(22-2)23-18)14-8-9-15(16(19)10-14)13-6-4-3-5-7-13/h8-10,12-13,17H,3-7,11H2,1-2H3. The van der Waals surface area contributed by atoms with Crippen molar-refractivity contribution in [1.82, 2.24) is 0 Å². The zero-order valence-corrected chi connectivity index (χ0v) is 15.9. The van der Waals surface area contributed by atoms with Crippen molar-refractivity contribution < 1.29 is 14.3 Å². The van der Waals surface area contributed by atoms with Crippen molar-refractivity contribution in [2.24, 2.45) is 0 Å². The van der Waals surface area contributed by atoms with E-state index in [-0.39, 0.29) is 6.29 Å². The Bertz CT molecular complexity index is 573. The number of carbonyl (C=O) groups excluding carboxylic acids is 1. The number of ether oxygens (including phenoxy) is 2. The van der Waals surface area contributed by atoms with E-state index in [4.69, 9.17) is 9.47 Å². The SMILES string of the molecule is COC1CN(c2ccc(C3CCCCC3)c(I)c2)C(C)(C=O)O1. The van der Waals surface area contributed by atoms with Crippen LogP contribution in [-0.4, -0.2) is 32.0 Å². The Morgan fingerprint density at radius 2 is 2.09 bits per heavy atom. The third-order valence-corrected chi connectivity index (χ3v) is 5.99. The van der Waals surface area contributed by atoms with Gasteiger partial charge in [0.1, 0.15) is 0 Å². The van der Waals surface area contributed by atoms with Crippen molar-refractivity contribution in [3.05, 3.63) is 27.3 Å². The molecular formula is C18H24INO3. The molecule has 1 saturated carbocycles. The maximum absolute atomic E-state index is 11.5. The molecule has 0 spiro atoms. The van der Waals surface area contributed by atoms with Gasteiger partial charge in [-0.1, -0.05) is 25.3 Å². The van der Waals surface area contributed by atoms with E-state index in [2.05, 4.69) is 40.8 Å². The predicted octanol–water partition coefficient (Wildman–Crippen LogP) is 4.06. The average molecular weight is 429 g/mol. The van der Waals surface area contributed by atoms with Crippen LogP contribution >= 0.6 is 22.6 Å². The second-order valence-electron chi connectivity index (χ2n) is 6.61. The van der Waals surface area contributed by atoms with Gasteiger partial charge < -0.3 is 14.4 Å². The molecule has 23 heavy (non-hydrogen) atoms. The van der Waals surface area contributed by atoms with Gasteiger partial charge in [-0.3, -0.25) is 4.79 Å². The van der Waals surface area contributed by atoms with Gasteiger partial charge in [-0.15, -0.1) is 0 Å². The molecule has 1 saturated heterocycles. The van der Waals surface area contributed by atoms with Crippen LogP contribution in [0.1, 0.15) is 50.5 Å². The molecule has 1 aliphatic carbocycles. The molecule has 1 aromatic carbocycles. The summed E-state index contributed by atoms with van der Waals surface area (Å²) in [6, 6.07) is 6.53. The van der Waals surface area contributed by atoms with Crippen molar-refractivity contribution >= 4 is 34.6 Å². The highest BCUT2D eigenvalue weighted by Crippen LogP contribution is 2.38. The Hall–Kier alpha value is -0.660. The van der Waals surface area contributed by atoms with Crippen LogP contribution in [0.4, 0.5) is 5.69 Å². The molecule has 0 bridgehead atoms. The average Bonchev–Trinajstić information content (AvgIpc) is 2.93. The number of hydrogen-bond acceptors (Lipinski definition) is 4. The van der Waals surface area contributed by atoms with Crippen LogP contribution in [0.3, 0.4) is 0 Å². The lowest BCUT2D eigenvalue weighted by atomic mass is 9.84. The lowest BCUT2D eigenvalue weighted by Crippen LogP contribution is -2.43. The van der Waals surface area contributed by atoms with Gasteiger partial charge in [-0.2, -0.15) is 0 Å². The zero-order chi connectivity index (χ0) is 16.4. The van der Waals surface area contributed by atoms with Crippen molar-refractivity contribution in [3.8, 4) is 0 Å². The molecule has 4 nitrogen and oxygen atoms in total. The number of carbonyl (C=O) groups is 1. The van der Waals surface area contributed by atoms with Crippen LogP contribution in [-0.2, 0) is 14.3 Å². The van der Waals surface area contributed by atoms with E-state index >= 15 is 0 Å². The van der Waals surface area contributed by atoms with Gasteiger partial charge in [-0.05, 0) is 66.0 Å². The molecule has 0 aromatic heterocycles. The van der Waals surface area contributed by atoms with Crippen LogP contribution in [0.15, 0.2) is 18.2 Å². The van der Waals surface area contributed by atoms with Gasteiger partial charge in [0.2, 0.25) is 0 Å². The van der Waals surface area contributed by atoms with E-state index in [0.29, 0.717) is 12.5 Å². The second kappa shape index (κ2) is 7.07. The van der Waals surface area contributed by atoms with Crippen LogP contribution in [0, 0.1) is 3.57 Å². The van der Waals surface area contributed by atoms with E-state index in [1.807, 2.05) is 4.90 Å². The maximum Gasteiger partial charge on any atom is 0.198 e. The number of benzene rings is 1. The highest BCUT2D eigenvalue weighted by atomic mass is 127. The minimum Gasteiger partial charge on any atom is -0.354 e. The Balaban J connectivity index is 1.85. The monoisotopic (exact) mass is 429 g/mol. The molecule has 2 atom stereocenters. The number of methoxy groups -OCH3 is 1. The van der Waals surface area contributed by atoms with Crippen LogP contribution in [0.25, 0.3) is 0 Å². The first-order valence-corrected chi connectivity index (χ1v) is 9.39. The molecule has 3 rings (SSSR count). The third-order valence-electron chi connectivity index (χ3n) is 5.06. The summed E-state index contributed by atoms with van der Waals surface area (Å²) in [6.07, 6.45) is 7.10. The number of rotatable bonds is 4. The molecule has 5 heteroatoms. The van der Waals surface area contributed by atoms with Crippen LogP contribution in [0.5, 0.6) is 0 Å². The summed E-state index contributed by atoms with van der Waals surface area (Å²) < 4.78 is 12.3. The largest absolute Gasteiger partial charge is 0.354 e. The molecule has 126 valence electrons. The summed E-state index contributed by atoms with van der Waals surface area (Å²) in [5.41, 5.74) is 1.50. The highest BCUT2D eigenvalue weighted by molar-refractivity contribution is 14.1. The summed E-state index contributed by atoms with van der Waals surface area (Å²) in [7, 11) is 1.61. The fourth-order valence-electron chi connectivity index (χ4n) is 3.70. The quantitative estimate of drug-likeness (QED) is 0.535. The van der Waals surface area contributed by atoms with Gasteiger partial charge in [-0.25, -0.2) is 0 Å². The maximum atomic E-state index is 11.5. The Morgan fingerprint density at radius 1 is 1.35 bits per heavy atom. The molecule has 1 aliphatic heterocycles.